The second-order valence-corrected chi connectivity index (χ2v) is 12.2. The Hall–Kier alpha value is -4.26. The van der Waals surface area contributed by atoms with E-state index >= 15 is 0 Å². The van der Waals surface area contributed by atoms with E-state index in [0.717, 1.165) is 16.5 Å². The van der Waals surface area contributed by atoms with Crippen molar-refractivity contribution in [1.82, 2.24) is 0 Å². The maximum absolute atomic E-state index is 14.4. The molecule has 40 heavy (non-hydrogen) atoms. The molecule has 0 fully saturated rings. The molecule has 1 heterocycles. The first kappa shape index (κ1) is 27.3. The number of hydrogen-bond acceptors (Lipinski definition) is 7. The van der Waals surface area contributed by atoms with Crippen molar-refractivity contribution in [1.29, 1.82) is 0 Å². The zero-order valence-corrected chi connectivity index (χ0v) is 24.1. The molecular formula is C33H33NO6. The summed E-state index contributed by atoms with van der Waals surface area (Å²) < 4.78 is 18.1. The van der Waals surface area contributed by atoms with Crippen LogP contribution in [0.25, 0.3) is 10.8 Å². The summed E-state index contributed by atoms with van der Waals surface area (Å²) in [6.45, 7) is 14.1. The molecule has 3 aromatic rings. The highest BCUT2D eigenvalue weighted by Gasteiger charge is 2.63. The summed E-state index contributed by atoms with van der Waals surface area (Å²) in [6.07, 6.45) is 0. The van der Waals surface area contributed by atoms with Gasteiger partial charge in [0, 0.05) is 16.5 Å². The summed E-state index contributed by atoms with van der Waals surface area (Å²) in [5.41, 5.74) is -1.13. The normalized spacial score (nSPS) is 19.5. The minimum Gasteiger partial charge on any atom is -0.456 e. The minimum absolute atomic E-state index is 0.161. The van der Waals surface area contributed by atoms with E-state index in [0.29, 0.717) is 22.2 Å². The fourth-order valence-corrected chi connectivity index (χ4v) is 5.27. The van der Waals surface area contributed by atoms with Crippen molar-refractivity contribution >= 4 is 40.1 Å². The molecule has 5 rings (SSSR count). The predicted octanol–water partition coefficient (Wildman–Crippen LogP) is 6.59. The van der Waals surface area contributed by atoms with Gasteiger partial charge in [-0.3, -0.25) is 4.79 Å². The Kier molecular flexibility index (Phi) is 6.25. The lowest BCUT2D eigenvalue weighted by Crippen LogP contribution is -2.40. The Morgan fingerprint density at radius 1 is 0.800 bits per heavy atom. The highest BCUT2D eigenvalue weighted by molar-refractivity contribution is 6.32. The van der Waals surface area contributed by atoms with Crippen molar-refractivity contribution in [2.45, 2.75) is 72.2 Å². The quantitative estimate of drug-likeness (QED) is 0.349. The van der Waals surface area contributed by atoms with Gasteiger partial charge in [0.15, 0.2) is 0 Å². The van der Waals surface area contributed by atoms with Crippen molar-refractivity contribution in [2.75, 3.05) is 0 Å². The number of carbonyl (C=O) groups is 3. The maximum Gasteiger partial charge on any atom is 0.344 e. The number of para-hydroxylation sites is 1. The van der Waals surface area contributed by atoms with E-state index in [2.05, 4.69) is 0 Å². The fraction of sp³-hybridized carbons (Fsp3) is 0.333. The van der Waals surface area contributed by atoms with Gasteiger partial charge in [-0.25, -0.2) is 14.6 Å². The smallest absolute Gasteiger partial charge is 0.344 e. The number of rotatable bonds is 3. The third-order valence-corrected chi connectivity index (χ3v) is 6.77. The molecule has 3 aromatic carbocycles. The molecule has 0 amide bonds. The Morgan fingerprint density at radius 3 is 1.95 bits per heavy atom. The van der Waals surface area contributed by atoms with Crippen LogP contribution in [0.4, 0.5) is 5.69 Å². The molecule has 0 saturated carbocycles. The van der Waals surface area contributed by atoms with E-state index in [-0.39, 0.29) is 17.0 Å². The Bertz CT molecular complexity index is 1640. The van der Waals surface area contributed by atoms with E-state index in [1.807, 2.05) is 44.2 Å². The van der Waals surface area contributed by atoms with Crippen LogP contribution < -0.4 is 0 Å². The zero-order valence-electron chi connectivity index (χ0n) is 24.1. The topological polar surface area (TPSA) is 91.3 Å². The van der Waals surface area contributed by atoms with Gasteiger partial charge in [0.2, 0.25) is 17.3 Å². The number of Topliss-reactive ketones (excluding diaryl/α,β-unsaturated/α-hetero) is 1. The minimum atomic E-state index is -1.97. The van der Waals surface area contributed by atoms with Crippen LogP contribution in [0.2, 0.25) is 0 Å². The van der Waals surface area contributed by atoms with E-state index in [1.54, 1.807) is 65.8 Å². The number of hydrogen-bond donors (Lipinski definition) is 0. The van der Waals surface area contributed by atoms with E-state index in [4.69, 9.17) is 19.2 Å². The molecule has 0 aromatic heterocycles. The van der Waals surface area contributed by atoms with Crippen molar-refractivity contribution in [3.05, 3.63) is 88.0 Å². The molecule has 0 radical (unpaired) electrons. The van der Waals surface area contributed by atoms with Crippen LogP contribution in [0.1, 0.15) is 68.6 Å². The number of aliphatic imine (C=N–C) groups is 1. The summed E-state index contributed by atoms with van der Waals surface area (Å²) in [4.78, 5) is 47.2. The standard InChI is InChI=1S/C33H33NO6/c1-18-12-9-13-19(2)26(18)34-28-24(29(36)39-31(3,4)5)25(30(37)40-32(6,7)8)33(38-28)22-17-11-15-20-14-10-16-21(23(20)22)27(33)35/h9-17H,1-8H3. The van der Waals surface area contributed by atoms with E-state index in [9.17, 15) is 14.4 Å². The number of aryl methyl sites for hydroxylation is 2. The third kappa shape index (κ3) is 4.39. The lowest BCUT2D eigenvalue weighted by atomic mass is 9.84. The van der Waals surface area contributed by atoms with Crippen molar-refractivity contribution in [2.24, 2.45) is 4.99 Å². The third-order valence-electron chi connectivity index (χ3n) is 6.77. The van der Waals surface area contributed by atoms with Crippen LogP contribution in [-0.4, -0.2) is 34.8 Å². The number of carbonyl (C=O) groups excluding carboxylic acids is 3. The second kappa shape index (κ2) is 9.15. The molecule has 7 nitrogen and oxygen atoms in total. The largest absolute Gasteiger partial charge is 0.456 e. The highest BCUT2D eigenvalue weighted by Crippen LogP contribution is 2.53. The molecular weight excluding hydrogens is 506 g/mol. The fourth-order valence-electron chi connectivity index (χ4n) is 5.27. The van der Waals surface area contributed by atoms with Crippen molar-refractivity contribution < 1.29 is 28.6 Å². The monoisotopic (exact) mass is 539 g/mol. The SMILES string of the molecule is Cc1cccc(C)c1N=C1OC2(C(=O)c3cccc4cccc2c34)C(C(=O)OC(C)(C)C)=C1C(=O)OC(C)(C)C. The summed E-state index contributed by atoms with van der Waals surface area (Å²) in [6, 6.07) is 16.5. The zero-order chi connectivity index (χ0) is 29.2. The van der Waals surface area contributed by atoms with Crippen LogP contribution in [-0.2, 0) is 29.4 Å². The molecule has 2 aliphatic rings. The lowest BCUT2D eigenvalue weighted by molar-refractivity contribution is -0.153. The van der Waals surface area contributed by atoms with Gasteiger partial charge in [0.1, 0.15) is 22.3 Å². The molecule has 1 spiro atoms. The average molecular weight is 540 g/mol. The van der Waals surface area contributed by atoms with Gasteiger partial charge in [-0.05, 0) is 71.9 Å². The number of esters is 2. The molecule has 1 atom stereocenters. The summed E-state index contributed by atoms with van der Waals surface area (Å²) >= 11 is 0. The van der Waals surface area contributed by atoms with Crippen LogP contribution in [0.15, 0.2) is 70.7 Å². The van der Waals surface area contributed by atoms with Gasteiger partial charge < -0.3 is 14.2 Å². The van der Waals surface area contributed by atoms with Gasteiger partial charge in [-0.1, -0.05) is 54.6 Å². The first-order valence-electron chi connectivity index (χ1n) is 13.3. The van der Waals surface area contributed by atoms with Crippen LogP contribution >= 0.6 is 0 Å². The molecule has 0 saturated heterocycles. The second-order valence-electron chi connectivity index (χ2n) is 12.2. The summed E-state index contributed by atoms with van der Waals surface area (Å²) in [5.74, 6) is -2.30. The van der Waals surface area contributed by atoms with Gasteiger partial charge in [-0.15, -0.1) is 0 Å². The molecule has 1 aliphatic carbocycles. The predicted molar refractivity (Wildman–Crippen MR) is 153 cm³/mol. The molecule has 1 unspecified atom stereocenters. The number of ketones is 1. The van der Waals surface area contributed by atoms with E-state index < -0.39 is 34.5 Å². The first-order chi connectivity index (χ1) is 18.6. The van der Waals surface area contributed by atoms with Crippen molar-refractivity contribution in [3.8, 4) is 0 Å². The van der Waals surface area contributed by atoms with Crippen molar-refractivity contribution in [3.63, 3.8) is 0 Å². The Morgan fingerprint density at radius 2 is 1.35 bits per heavy atom. The summed E-state index contributed by atoms with van der Waals surface area (Å²) in [5, 5.41) is 1.47. The van der Waals surface area contributed by atoms with E-state index in [1.165, 1.54) is 0 Å². The summed E-state index contributed by atoms with van der Waals surface area (Å²) in [7, 11) is 0. The van der Waals surface area contributed by atoms with Gasteiger partial charge in [0.05, 0.1) is 5.69 Å². The van der Waals surface area contributed by atoms with Crippen LogP contribution in [0.3, 0.4) is 0 Å². The molecule has 1 aliphatic heterocycles. The Labute approximate surface area is 233 Å². The number of benzene rings is 3. The van der Waals surface area contributed by atoms with Crippen LogP contribution in [0.5, 0.6) is 0 Å². The van der Waals surface area contributed by atoms with Gasteiger partial charge >= 0.3 is 11.9 Å². The lowest BCUT2D eigenvalue weighted by Gasteiger charge is -2.28. The van der Waals surface area contributed by atoms with Gasteiger partial charge in [0.25, 0.3) is 0 Å². The first-order valence-corrected chi connectivity index (χ1v) is 13.3. The molecule has 0 N–H and O–H groups in total. The number of fused-ring (bicyclic) bond motifs is 1. The molecule has 7 heteroatoms. The average Bonchev–Trinajstić information content (AvgIpc) is 3.30. The van der Waals surface area contributed by atoms with Crippen LogP contribution in [0, 0.1) is 13.8 Å². The molecule has 0 bridgehead atoms. The maximum atomic E-state index is 14.4. The Balaban J connectivity index is 1.88. The number of ether oxygens (including phenoxy) is 3. The number of nitrogens with zero attached hydrogens (tertiary/aromatic N) is 1. The van der Waals surface area contributed by atoms with Gasteiger partial charge in [-0.2, -0.15) is 0 Å². The highest BCUT2D eigenvalue weighted by atomic mass is 16.6. The molecule has 206 valence electrons.